The summed E-state index contributed by atoms with van der Waals surface area (Å²) in [6.45, 7) is 0. The number of hydrogen-bond acceptors (Lipinski definition) is 3. The van der Waals surface area contributed by atoms with E-state index in [0.29, 0.717) is 17.8 Å². The molecule has 0 bridgehead atoms. The lowest BCUT2D eigenvalue weighted by atomic mass is 10.1. The Morgan fingerprint density at radius 2 is 1.94 bits per heavy atom. The molecule has 5 heteroatoms. The van der Waals surface area contributed by atoms with Gasteiger partial charge in [0.05, 0.1) is 6.20 Å². The van der Waals surface area contributed by atoms with Gasteiger partial charge in [-0.3, -0.25) is 9.38 Å². The molecule has 1 N–H and O–H groups in total. The number of aromatic hydroxyl groups is 1. The number of rotatable bonds is 2. The number of hydrogen-bond donors (Lipinski definition) is 1. The molecule has 18 heavy (non-hydrogen) atoms. The third kappa shape index (κ3) is 2.15. The summed E-state index contributed by atoms with van der Waals surface area (Å²) in [7, 11) is 0. The van der Waals surface area contributed by atoms with Crippen LogP contribution in [0.2, 0.25) is 0 Å². The van der Waals surface area contributed by atoms with Gasteiger partial charge in [-0.2, -0.15) is 0 Å². The Kier molecular flexibility index (Phi) is 3.48. The molecule has 0 spiro atoms. The maximum absolute atomic E-state index is 10.0. The molecule has 0 aliphatic heterocycles. The first-order valence-electron chi connectivity index (χ1n) is 5.38. The molecular weight excluding hydrogens is 250 g/mol. The van der Waals surface area contributed by atoms with Gasteiger partial charge in [0.1, 0.15) is 5.69 Å². The van der Waals surface area contributed by atoms with Crippen molar-refractivity contribution in [1.82, 2.24) is 14.4 Å². The number of benzene rings is 1. The zero-order valence-electron chi connectivity index (χ0n) is 9.52. The average Bonchev–Trinajstić information content (AvgIpc) is 2.68. The van der Waals surface area contributed by atoms with Gasteiger partial charge in [0.25, 0.3) is 0 Å². The number of halogens is 1. The number of imidazole rings is 1. The van der Waals surface area contributed by atoms with Crippen molar-refractivity contribution in [2.45, 2.75) is 6.42 Å². The van der Waals surface area contributed by atoms with Crippen LogP contribution in [0, 0.1) is 0 Å². The molecule has 0 aliphatic carbocycles. The summed E-state index contributed by atoms with van der Waals surface area (Å²) in [5.74, 6) is 0.186. The molecule has 4 nitrogen and oxygen atoms in total. The maximum Gasteiger partial charge on any atom is 0.219 e. The summed E-state index contributed by atoms with van der Waals surface area (Å²) in [5, 5.41) is 10.0. The van der Waals surface area contributed by atoms with E-state index in [1.165, 1.54) is 0 Å². The number of aromatic nitrogens is 3. The highest BCUT2D eigenvalue weighted by atomic mass is 35.5. The van der Waals surface area contributed by atoms with Crippen molar-refractivity contribution in [2.75, 3.05) is 0 Å². The Labute approximate surface area is 110 Å². The van der Waals surface area contributed by atoms with Gasteiger partial charge in [-0.15, -0.1) is 12.4 Å². The van der Waals surface area contributed by atoms with Crippen molar-refractivity contribution in [3.8, 4) is 5.88 Å². The fourth-order valence-electron chi connectivity index (χ4n) is 1.85. The van der Waals surface area contributed by atoms with E-state index in [1.807, 2.05) is 30.3 Å². The summed E-state index contributed by atoms with van der Waals surface area (Å²) in [5.41, 5.74) is 2.46. The van der Waals surface area contributed by atoms with Gasteiger partial charge in [-0.05, 0) is 5.56 Å². The largest absolute Gasteiger partial charge is 0.493 e. The molecule has 3 aromatic rings. The van der Waals surface area contributed by atoms with Crippen LogP contribution in [0.3, 0.4) is 0 Å². The minimum Gasteiger partial charge on any atom is -0.493 e. The quantitative estimate of drug-likeness (QED) is 0.771. The van der Waals surface area contributed by atoms with Crippen molar-refractivity contribution in [2.24, 2.45) is 0 Å². The van der Waals surface area contributed by atoms with Crippen molar-refractivity contribution < 1.29 is 5.11 Å². The maximum atomic E-state index is 10.0. The first-order chi connectivity index (χ1) is 8.34. The van der Waals surface area contributed by atoms with E-state index in [9.17, 15) is 5.11 Å². The van der Waals surface area contributed by atoms with Crippen LogP contribution in [0.25, 0.3) is 5.65 Å². The first kappa shape index (κ1) is 12.4. The highest BCUT2D eigenvalue weighted by molar-refractivity contribution is 5.85. The predicted molar refractivity (Wildman–Crippen MR) is 71.1 cm³/mol. The van der Waals surface area contributed by atoms with E-state index in [0.717, 1.165) is 5.56 Å². The van der Waals surface area contributed by atoms with Gasteiger partial charge in [-0.1, -0.05) is 30.3 Å². The van der Waals surface area contributed by atoms with E-state index in [2.05, 4.69) is 9.97 Å². The number of fused-ring (bicyclic) bond motifs is 1. The van der Waals surface area contributed by atoms with Gasteiger partial charge >= 0.3 is 0 Å². The molecule has 1 aromatic carbocycles. The van der Waals surface area contributed by atoms with E-state index < -0.39 is 0 Å². The smallest absolute Gasteiger partial charge is 0.219 e. The molecule has 92 valence electrons. The highest BCUT2D eigenvalue weighted by Gasteiger charge is 2.10. The van der Waals surface area contributed by atoms with Gasteiger partial charge in [0.2, 0.25) is 5.88 Å². The lowest BCUT2D eigenvalue weighted by molar-refractivity contribution is 0.442. The van der Waals surface area contributed by atoms with Crippen molar-refractivity contribution in [3.63, 3.8) is 0 Å². The average molecular weight is 262 g/mol. The van der Waals surface area contributed by atoms with Crippen LogP contribution >= 0.6 is 12.4 Å². The summed E-state index contributed by atoms with van der Waals surface area (Å²) < 4.78 is 1.63. The van der Waals surface area contributed by atoms with Crippen LogP contribution in [-0.4, -0.2) is 19.5 Å². The predicted octanol–water partition coefficient (Wildman–Crippen LogP) is 2.45. The van der Waals surface area contributed by atoms with Gasteiger partial charge in [0, 0.05) is 18.8 Å². The van der Waals surface area contributed by atoms with Crippen LogP contribution in [0.4, 0.5) is 0 Å². The number of nitrogens with zero attached hydrogens (tertiary/aromatic N) is 3. The van der Waals surface area contributed by atoms with Gasteiger partial charge in [0.15, 0.2) is 5.65 Å². The SMILES string of the molecule is Cl.Oc1c(Cc2ccccc2)nc2cnccn12. The lowest BCUT2D eigenvalue weighted by Crippen LogP contribution is -1.88. The zero-order chi connectivity index (χ0) is 11.7. The minimum absolute atomic E-state index is 0. The second kappa shape index (κ2) is 5.06. The molecule has 0 unspecified atom stereocenters. The van der Waals surface area contributed by atoms with Crippen LogP contribution < -0.4 is 0 Å². The van der Waals surface area contributed by atoms with Crippen LogP contribution in [0.15, 0.2) is 48.9 Å². The Morgan fingerprint density at radius 3 is 2.67 bits per heavy atom. The third-order valence-electron chi connectivity index (χ3n) is 2.69. The van der Waals surface area contributed by atoms with Crippen LogP contribution in [-0.2, 0) is 6.42 Å². The molecule has 0 aliphatic rings. The Balaban J connectivity index is 0.00000120. The molecule has 0 fully saturated rings. The normalized spacial score (nSPS) is 10.2. The fraction of sp³-hybridized carbons (Fsp3) is 0.0769. The third-order valence-corrected chi connectivity index (χ3v) is 2.69. The lowest BCUT2D eigenvalue weighted by Gasteiger charge is -1.98. The molecule has 0 radical (unpaired) electrons. The van der Waals surface area contributed by atoms with Crippen molar-refractivity contribution in [1.29, 1.82) is 0 Å². The van der Waals surface area contributed by atoms with Gasteiger partial charge < -0.3 is 5.11 Å². The Bertz CT molecular complexity index is 652. The van der Waals surface area contributed by atoms with Gasteiger partial charge in [-0.25, -0.2) is 4.98 Å². The molecule has 0 amide bonds. The molecule has 0 saturated heterocycles. The second-order valence-electron chi connectivity index (χ2n) is 3.85. The molecule has 3 rings (SSSR count). The molecule has 0 atom stereocenters. The van der Waals surface area contributed by atoms with Crippen molar-refractivity contribution in [3.05, 3.63) is 60.2 Å². The summed E-state index contributed by atoms with van der Waals surface area (Å²) in [6, 6.07) is 9.95. The summed E-state index contributed by atoms with van der Waals surface area (Å²) >= 11 is 0. The minimum atomic E-state index is 0. The Morgan fingerprint density at radius 1 is 1.17 bits per heavy atom. The molecule has 2 heterocycles. The fourth-order valence-corrected chi connectivity index (χ4v) is 1.85. The summed E-state index contributed by atoms with van der Waals surface area (Å²) in [4.78, 5) is 8.34. The summed E-state index contributed by atoms with van der Waals surface area (Å²) in [6.07, 6.45) is 5.58. The van der Waals surface area contributed by atoms with Crippen molar-refractivity contribution >= 4 is 18.1 Å². The Hall–Kier alpha value is -2.07. The van der Waals surface area contributed by atoms with E-state index >= 15 is 0 Å². The zero-order valence-corrected chi connectivity index (χ0v) is 10.3. The standard InChI is InChI=1S/C13H11N3O.ClH/c17-13-11(8-10-4-2-1-3-5-10)15-12-9-14-6-7-16(12)13;/h1-7,9,17H,8H2;1H. The monoisotopic (exact) mass is 261 g/mol. The van der Waals surface area contributed by atoms with Crippen LogP contribution in [0.1, 0.15) is 11.3 Å². The van der Waals surface area contributed by atoms with E-state index in [-0.39, 0.29) is 18.3 Å². The van der Waals surface area contributed by atoms with Crippen LogP contribution in [0.5, 0.6) is 5.88 Å². The van der Waals surface area contributed by atoms with E-state index in [4.69, 9.17) is 0 Å². The second-order valence-corrected chi connectivity index (χ2v) is 3.85. The van der Waals surface area contributed by atoms with E-state index in [1.54, 1.807) is 23.0 Å². The first-order valence-corrected chi connectivity index (χ1v) is 5.38. The topological polar surface area (TPSA) is 50.4 Å². The molecular formula is C13H12ClN3O. The molecule has 0 saturated carbocycles. The molecule has 2 aromatic heterocycles. The highest BCUT2D eigenvalue weighted by Crippen LogP contribution is 2.21.